The lowest BCUT2D eigenvalue weighted by Crippen LogP contribution is -2.30. The Morgan fingerprint density at radius 3 is 2.19 bits per heavy atom. The molecular weight excluding hydrogens is 504 g/mol. The molecule has 0 aliphatic rings. The van der Waals surface area contributed by atoms with Crippen molar-refractivity contribution in [3.05, 3.63) is 72.2 Å². The molecule has 0 aromatic heterocycles. The van der Waals surface area contributed by atoms with E-state index in [-0.39, 0.29) is 14.9 Å². The van der Waals surface area contributed by atoms with Gasteiger partial charge in [-0.1, -0.05) is 17.7 Å². The number of nitro groups is 2. The SMILES string of the molecule is Cc1ccc(S(=O)(=O)O)cc1.N=C(NO)N/N=C/c1c([N+](=O)[O-])ccc(Br)c1[N+](=O)[O-]. The van der Waals surface area contributed by atoms with Crippen LogP contribution in [0.4, 0.5) is 11.4 Å². The highest BCUT2D eigenvalue weighted by Crippen LogP contribution is 2.33. The van der Waals surface area contributed by atoms with Gasteiger partial charge in [-0.15, -0.1) is 0 Å². The van der Waals surface area contributed by atoms with E-state index >= 15 is 0 Å². The Bertz CT molecular complexity index is 1120. The second-order valence-electron chi connectivity index (χ2n) is 5.49. The van der Waals surface area contributed by atoms with Gasteiger partial charge in [0.25, 0.3) is 21.5 Å². The molecule has 2 aromatic rings. The molecule has 0 unspecified atom stereocenters. The number of nitro benzene ring substituents is 2. The van der Waals surface area contributed by atoms with E-state index in [9.17, 15) is 28.6 Å². The van der Waals surface area contributed by atoms with Gasteiger partial charge in [-0.05, 0) is 41.1 Å². The van der Waals surface area contributed by atoms with Crippen LogP contribution >= 0.6 is 15.9 Å². The summed E-state index contributed by atoms with van der Waals surface area (Å²) in [6.45, 7) is 1.84. The van der Waals surface area contributed by atoms with Gasteiger partial charge >= 0.3 is 0 Å². The summed E-state index contributed by atoms with van der Waals surface area (Å²) in [6.07, 6.45) is 0.812. The Kier molecular flexibility index (Phi) is 9.13. The molecule has 0 spiro atoms. The molecule has 0 saturated carbocycles. The molecule has 2 aromatic carbocycles. The zero-order valence-electron chi connectivity index (χ0n) is 15.5. The lowest BCUT2D eigenvalue weighted by atomic mass is 10.1. The maximum absolute atomic E-state index is 10.9. The fraction of sp³-hybridized carbons (Fsp3) is 0.0667. The largest absolute Gasteiger partial charge is 0.299 e. The number of hydrazone groups is 1. The molecule has 0 bridgehead atoms. The summed E-state index contributed by atoms with van der Waals surface area (Å²) >= 11 is 2.92. The Hall–Kier alpha value is -3.47. The summed E-state index contributed by atoms with van der Waals surface area (Å²) in [5.41, 5.74) is 2.93. The molecule has 0 heterocycles. The number of nitrogens with zero attached hydrogens (tertiary/aromatic N) is 3. The van der Waals surface area contributed by atoms with Gasteiger partial charge < -0.3 is 0 Å². The number of hydroxylamine groups is 1. The number of nitrogens with one attached hydrogen (secondary N) is 3. The zero-order valence-corrected chi connectivity index (χ0v) is 17.9. The van der Waals surface area contributed by atoms with E-state index < -0.39 is 37.3 Å². The molecule has 0 saturated heterocycles. The van der Waals surface area contributed by atoms with Crippen LogP contribution in [0.5, 0.6) is 0 Å². The Balaban J connectivity index is 0.000000367. The Labute approximate surface area is 183 Å². The number of hydrogen-bond acceptors (Lipinski definition) is 9. The van der Waals surface area contributed by atoms with E-state index in [4.69, 9.17) is 15.2 Å². The maximum atomic E-state index is 10.9. The first-order valence-corrected chi connectivity index (χ1v) is 10.0. The van der Waals surface area contributed by atoms with Crippen LogP contribution < -0.4 is 10.9 Å². The molecule has 0 aliphatic carbocycles. The van der Waals surface area contributed by atoms with Crippen LogP contribution in [-0.4, -0.2) is 40.2 Å². The number of rotatable bonds is 5. The predicted octanol–water partition coefficient (Wildman–Crippen LogP) is 2.34. The number of halogens is 1. The van der Waals surface area contributed by atoms with Gasteiger partial charge in [-0.2, -0.15) is 13.5 Å². The van der Waals surface area contributed by atoms with Gasteiger partial charge in [0.05, 0.1) is 25.4 Å². The number of hydrogen-bond donors (Lipinski definition) is 5. The number of guanidine groups is 1. The molecule has 0 radical (unpaired) electrons. The second-order valence-corrected chi connectivity index (χ2v) is 7.76. The molecule has 31 heavy (non-hydrogen) atoms. The molecule has 0 aliphatic heterocycles. The zero-order chi connectivity index (χ0) is 23.8. The minimum atomic E-state index is -4.02. The highest BCUT2D eigenvalue weighted by molar-refractivity contribution is 9.10. The molecule has 5 N–H and O–H groups in total. The van der Waals surface area contributed by atoms with Gasteiger partial charge in [0, 0.05) is 6.07 Å². The van der Waals surface area contributed by atoms with Crippen LogP contribution in [0.25, 0.3) is 0 Å². The van der Waals surface area contributed by atoms with Crippen molar-refractivity contribution >= 4 is 49.6 Å². The summed E-state index contributed by atoms with van der Waals surface area (Å²) in [5.74, 6) is -0.610. The predicted molar refractivity (Wildman–Crippen MR) is 112 cm³/mol. The van der Waals surface area contributed by atoms with Crippen LogP contribution in [0, 0.1) is 32.6 Å². The van der Waals surface area contributed by atoms with E-state index in [1.807, 2.05) is 12.3 Å². The van der Waals surface area contributed by atoms with Crippen molar-refractivity contribution in [1.29, 1.82) is 5.41 Å². The second kappa shape index (κ2) is 11.1. The van der Waals surface area contributed by atoms with Crippen molar-refractivity contribution in [2.45, 2.75) is 11.8 Å². The van der Waals surface area contributed by atoms with Gasteiger partial charge in [0.15, 0.2) is 5.56 Å². The third kappa shape index (κ3) is 7.70. The first-order chi connectivity index (χ1) is 14.4. The molecule has 166 valence electrons. The van der Waals surface area contributed by atoms with Gasteiger partial charge in [0.1, 0.15) is 0 Å². The van der Waals surface area contributed by atoms with Crippen molar-refractivity contribution in [3.63, 3.8) is 0 Å². The summed E-state index contributed by atoms with van der Waals surface area (Å²) in [7, 11) is -4.02. The summed E-state index contributed by atoms with van der Waals surface area (Å²) in [5, 5.41) is 40.5. The smallest absolute Gasteiger partial charge is 0.288 e. The van der Waals surface area contributed by atoms with Crippen LogP contribution in [0.15, 0.2) is 50.9 Å². The summed E-state index contributed by atoms with van der Waals surface area (Å²) in [6, 6.07) is 8.24. The Morgan fingerprint density at radius 1 is 1.16 bits per heavy atom. The lowest BCUT2D eigenvalue weighted by Gasteiger charge is -2.02. The van der Waals surface area contributed by atoms with Crippen molar-refractivity contribution in [2.24, 2.45) is 5.10 Å². The molecule has 2 rings (SSSR count). The third-order valence-electron chi connectivity index (χ3n) is 3.32. The molecule has 14 nitrogen and oxygen atoms in total. The van der Waals surface area contributed by atoms with E-state index in [1.165, 1.54) is 23.7 Å². The maximum Gasteiger partial charge on any atom is 0.299 e. The van der Waals surface area contributed by atoms with Crippen molar-refractivity contribution < 1.29 is 28.0 Å². The summed E-state index contributed by atoms with van der Waals surface area (Å²) < 4.78 is 29.6. The van der Waals surface area contributed by atoms with E-state index in [1.54, 1.807) is 12.1 Å². The first-order valence-electron chi connectivity index (χ1n) is 7.81. The highest BCUT2D eigenvalue weighted by Gasteiger charge is 2.26. The standard InChI is InChI=1S/C8H7BrN6O5.C7H8O3S/c9-5-1-2-6(14(17)18)4(7(5)15(19)20)3-11-12-8(10)13-16;1-6-2-4-7(5-3-6)11(8,9)10/h1-3,16H,(H3,10,12,13);2-5H,1H3,(H,8,9,10)/b11-3+;. The van der Waals surface area contributed by atoms with Crippen LogP contribution in [-0.2, 0) is 10.1 Å². The minimum absolute atomic E-state index is 0.0462. The summed E-state index contributed by atoms with van der Waals surface area (Å²) in [4.78, 5) is 20.1. The fourth-order valence-electron chi connectivity index (χ4n) is 1.94. The average molecular weight is 519 g/mol. The molecule has 0 fully saturated rings. The monoisotopic (exact) mass is 518 g/mol. The molecular formula is C15H15BrN6O8S. The van der Waals surface area contributed by atoms with E-state index in [2.05, 4.69) is 21.0 Å². The topological polar surface area (TPSA) is 221 Å². The average Bonchev–Trinajstić information content (AvgIpc) is 2.67. The quantitative estimate of drug-likeness (QED) is 0.127. The number of benzene rings is 2. The molecule has 0 atom stereocenters. The van der Waals surface area contributed by atoms with Crippen molar-refractivity contribution in [3.8, 4) is 0 Å². The van der Waals surface area contributed by atoms with E-state index in [0.717, 1.165) is 17.8 Å². The fourth-order valence-corrected chi connectivity index (χ4v) is 2.91. The van der Waals surface area contributed by atoms with Crippen LogP contribution in [0.2, 0.25) is 0 Å². The van der Waals surface area contributed by atoms with Gasteiger partial charge in [-0.25, -0.2) is 10.9 Å². The number of aryl methyl sites for hydroxylation is 1. The normalized spacial score (nSPS) is 10.7. The first kappa shape index (κ1) is 25.6. The molecule has 16 heteroatoms. The minimum Gasteiger partial charge on any atom is -0.288 e. The third-order valence-corrected chi connectivity index (χ3v) is 4.83. The van der Waals surface area contributed by atoms with Crippen LogP contribution in [0.1, 0.15) is 11.1 Å². The Morgan fingerprint density at radius 2 is 1.74 bits per heavy atom. The van der Waals surface area contributed by atoms with Crippen molar-refractivity contribution in [2.75, 3.05) is 0 Å². The van der Waals surface area contributed by atoms with Gasteiger partial charge in [-0.3, -0.25) is 35.4 Å². The van der Waals surface area contributed by atoms with Crippen molar-refractivity contribution in [1.82, 2.24) is 10.9 Å². The van der Waals surface area contributed by atoms with Gasteiger partial charge in [0.2, 0.25) is 5.96 Å². The van der Waals surface area contributed by atoms with E-state index in [0.29, 0.717) is 0 Å². The van der Waals surface area contributed by atoms with Crippen LogP contribution in [0.3, 0.4) is 0 Å². The highest BCUT2D eigenvalue weighted by atomic mass is 79.9. The molecule has 0 amide bonds. The lowest BCUT2D eigenvalue weighted by molar-refractivity contribution is -0.394.